The Morgan fingerprint density at radius 2 is 1.30 bits per heavy atom. The molecule has 1 atom stereocenters. The zero-order valence-corrected chi connectivity index (χ0v) is 15.8. The van der Waals surface area contributed by atoms with Crippen molar-refractivity contribution >= 4 is 21.5 Å². The van der Waals surface area contributed by atoms with E-state index in [9.17, 15) is 13.2 Å². The largest absolute Gasteiger partial charge is 0.292 e. The van der Waals surface area contributed by atoms with Gasteiger partial charge in [0, 0.05) is 12.1 Å². The van der Waals surface area contributed by atoms with Gasteiger partial charge in [-0.15, -0.1) is 0 Å². The van der Waals surface area contributed by atoms with Gasteiger partial charge in [0.25, 0.3) is 0 Å². The summed E-state index contributed by atoms with van der Waals surface area (Å²) >= 11 is 0. The molecule has 0 aliphatic heterocycles. The van der Waals surface area contributed by atoms with Crippen LogP contribution in [0.2, 0.25) is 0 Å². The Labute approximate surface area is 160 Å². The van der Waals surface area contributed by atoms with Crippen LogP contribution in [-0.2, 0) is 10.0 Å². The number of para-hydroxylation sites is 1. The molecule has 27 heavy (non-hydrogen) atoms. The van der Waals surface area contributed by atoms with Crippen LogP contribution in [0.25, 0.3) is 0 Å². The molecule has 0 saturated heterocycles. The van der Waals surface area contributed by atoms with E-state index in [-0.39, 0.29) is 6.54 Å². The van der Waals surface area contributed by atoms with E-state index < -0.39 is 21.1 Å². The number of benzene rings is 3. The number of hydrogen-bond donors (Lipinski definition) is 0. The number of Topliss-reactive ketones (excluding diaryl/α,β-unsaturated/α-hetero) is 1. The normalized spacial score (nSPS) is 12.3. The lowest BCUT2D eigenvalue weighted by atomic mass is 10.0. The fraction of sp³-hybridized carbons (Fsp3) is 0.136. The molecule has 1 unspecified atom stereocenters. The van der Waals surface area contributed by atoms with Gasteiger partial charge in [0.05, 0.1) is 5.69 Å². The molecule has 3 aromatic rings. The maximum absolute atomic E-state index is 13.6. The van der Waals surface area contributed by atoms with Crippen LogP contribution in [0.3, 0.4) is 0 Å². The van der Waals surface area contributed by atoms with Crippen LogP contribution < -0.4 is 4.31 Å². The van der Waals surface area contributed by atoms with Crippen LogP contribution in [0.15, 0.2) is 91.0 Å². The monoisotopic (exact) mass is 379 g/mol. The van der Waals surface area contributed by atoms with Crippen molar-refractivity contribution in [1.29, 1.82) is 0 Å². The number of carbonyl (C=O) groups is 1. The number of anilines is 1. The molecule has 0 heterocycles. The third kappa shape index (κ3) is 3.93. The maximum Gasteiger partial charge on any atom is 0.249 e. The second-order valence-electron chi connectivity index (χ2n) is 6.07. The Balaban J connectivity index is 2.13. The van der Waals surface area contributed by atoms with E-state index >= 15 is 0 Å². The molecule has 0 amide bonds. The quantitative estimate of drug-likeness (QED) is 0.569. The molecule has 0 aromatic heterocycles. The summed E-state index contributed by atoms with van der Waals surface area (Å²) < 4.78 is 28.5. The van der Waals surface area contributed by atoms with Gasteiger partial charge in [-0.05, 0) is 24.6 Å². The molecule has 0 radical (unpaired) electrons. The number of sulfonamides is 1. The number of ketones is 1. The first-order valence-corrected chi connectivity index (χ1v) is 10.3. The van der Waals surface area contributed by atoms with Crippen LogP contribution in [0.4, 0.5) is 5.69 Å². The molecule has 0 fully saturated rings. The zero-order chi connectivity index (χ0) is 19.3. The van der Waals surface area contributed by atoms with Crippen molar-refractivity contribution in [2.75, 3.05) is 10.8 Å². The summed E-state index contributed by atoms with van der Waals surface area (Å²) in [6.07, 6.45) is 0. The Kier molecular flexibility index (Phi) is 5.72. The van der Waals surface area contributed by atoms with Gasteiger partial charge in [-0.25, -0.2) is 8.42 Å². The second kappa shape index (κ2) is 8.18. The Bertz CT molecular complexity index is 988. The van der Waals surface area contributed by atoms with Gasteiger partial charge in [-0.3, -0.25) is 9.10 Å². The van der Waals surface area contributed by atoms with Crippen LogP contribution in [0, 0.1) is 0 Å². The van der Waals surface area contributed by atoms with Crippen LogP contribution >= 0.6 is 0 Å². The number of rotatable bonds is 7. The van der Waals surface area contributed by atoms with Crippen molar-refractivity contribution in [3.63, 3.8) is 0 Å². The van der Waals surface area contributed by atoms with Gasteiger partial charge in [-0.1, -0.05) is 78.9 Å². The van der Waals surface area contributed by atoms with Crippen LogP contribution in [0.1, 0.15) is 28.1 Å². The summed E-state index contributed by atoms with van der Waals surface area (Å²) in [7, 11) is -3.98. The standard InChI is InChI=1S/C22H21NO3S/c1-2-23(20-16-10-5-11-17-20)27(25,26)22(19-14-8-4-9-15-19)21(24)18-12-6-3-7-13-18/h3-17,22H,2H2,1H3. The predicted molar refractivity (Wildman–Crippen MR) is 108 cm³/mol. The van der Waals surface area contributed by atoms with E-state index in [2.05, 4.69) is 0 Å². The van der Waals surface area contributed by atoms with Gasteiger partial charge in [0.15, 0.2) is 11.0 Å². The van der Waals surface area contributed by atoms with Gasteiger partial charge in [-0.2, -0.15) is 0 Å². The van der Waals surface area contributed by atoms with E-state index in [0.717, 1.165) is 0 Å². The number of carbonyl (C=O) groups excluding carboxylic acids is 1. The lowest BCUT2D eigenvalue weighted by molar-refractivity contribution is 0.0986. The first kappa shape index (κ1) is 18.9. The molecule has 3 rings (SSSR count). The number of hydrogen-bond acceptors (Lipinski definition) is 3. The van der Waals surface area contributed by atoms with E-state index in [1.807, 2.05) is 6.07 Å². The van der Waals surface area contributed by atoms with Gasteiger partial charge >= 0.3 is 0 Å². The topological polar surface area (TPSA) is 54.5 Å². The minimum atomic E-state index is -3.98. The Morgan fingerprint density at radius 1 is 0.815 bits per heavy atom. The summed E-state index contributed by atoms with van der Waals surface area (Å²) in [6.45, 7) is 2.00. The fourth-order valence-electron chi connectivity index (χ4n) is 3.07. The molecule has 138 valence electrons. The first-order valence-electron chi connectivity index (χ1n) is 8.76. The molecule has 0 aliphatic rings. The zero-order valence-electron chi connectivity index (χ0n) is 15.0. The summed E-state index contributed by atoms with van der Waals surface area (Å²) in [5, 5.41) is -1.30. The molecular formula is C22H21NO3S. The minimum absolute atomic E-state index is 0.234. The Hall–Kier alpha value is -2.92. The Morgan fingerprint density at radius 3 is 1.81 bits per heavy atom. The third-order valence-corrected chi connectivity index (χ3v) is 6.50. The number of nitrogens with zero attached hydrogens (tertiary/aromatic N) is 1. The van der Waals surface area contributed by atoms with Gasteiger partial charge in [0.1, 0.15) is 0 Å². The van der Waals surface area contributed by atoms with Crippen LogP contribution in [-0.4, -0.2) is 20.7 Å². The molecule has 0 aliphatic carbocycles. The lowest BCUT2D eigenvalue weighted by Crippen LogP contribution is -2.38. The van der Waals surface area contributed by atoms with Crippen molar-refractivity contribution in [2.45, 2.75) is 12.2 Å². The average Bonchev–Trinajstić information content (AvgIpc) is 2.70. The minimum Gasteiger partial charge on any atom is -0.292 e. The van der Waals surface area contributed by atoms with Gasteiger partial charge in [0.2, 0.25) is 10.0 Å². The van der Waals surface area contributed by atoms with Gasteiger partial charge < -0.3 is 0 Å². The highest BCUT2D eigenvalue weighted by Gasteiger charge is 2.38. The smallest absolute Gasteiger partial charge is 0.249 e. The van der Waals surface area contributed by atoms with Crippen LogP contribution in [0.5, 0.6) is 0 Å². The summed E-state index contributed by atoms with van der Waals surface area (Å²) in [4.78, 5) is 13.2. The van der Waals surface area contributed by atoms with Crippen molar-refractivity contribution in [1.82, 2.24) is 0 Å². The molecule has 0 bridgehead atoms. The highest BCUT2D eigenvalue weighted by molar-refractivity contribution is 7.93. The van der Waals surface area contributed by atoms with Crippen molar-refractivity contribution in [3.8, 4) is 0 Å². The molecular weight excluding hydrogens is 358 g/mol. The van der Waals surface area contributed by atoms with Crippen molar-refractivity contribution in [2.24, 2.45) is 0 Å². The SMILES string of the molecule is CCN(c1ccccc1)S(=O)(=O)C(C(=O)c1ccccc1)c1ccccc1. The maximum atomic E-state index is 13.6. The lowest BCUT2D eigenvalue weighted by Gasteiger charge is -2.28. The molecule has 0 N–H and O–H groups in total. The molecule has 3 aromatic carbocycles. The molecule has 0 saturated carbocycles. The summed E-state index contributed by atoms with van der Waals surface area (Å²) in [5.74, 6) is -0.434. The molecule has 5 heteroatoms. The van der Waals surface area contributed by atoms with Crippen molar-refractivity contribution < 1.29 is 13.2 Å². The third-order valence-electron chi connectivity index (χ3n) is 4.34. The van der Waals surface area contributed by atoms with E-state index in [4.69, 9.17) is 0 Å². The highest BCUT2D eigenvalue weighted by Crippen LogP contribution is 2.32. The highest BCUT2D eigenvalue weighted by atomic mass is 32.2. The molecule has 4 nitrogen and oxygen atoms in total. The van der Waals surface area contributed by atoms with E-state index in [0.29, 0.717) is 16.8 Å². The predicted octanol–water partition coefficient (Wildman–Crippen LogP) is 4.47. The molecule has 0 spiro atoms. The van der Waals surface area contributed by atoms with Crippen molar-refractivity contribution in [3.05, 3.63) is 102 Å². The van der Waals surface area contributed by atoms with E-state index in [1.165, 1.54) is 4.31 Å². The average molecular weight is 379 g/mol. The summed E-state index contributed by atoms with van der Waals surface area (Å²) in [5.41, 5.74) is 1.38. The second-order valence-corrected chi connectivity index (χ2v) is 8.01. The summed E-state index contributed by atoms with van der Waals surface area (Å²) in [6, 6.07) is 26.1. The fourth-order valence-corrected chi connectivity index (χ4v) is 5.01. The van der Waals surface area contributed by atoms with E-state index in [1.54, 1.807) is 91.9 Å². The first-order chi connectivity index (χ1) is 13.1.